The van der Waals surface area contributed by atoms with Crippen LogP contribution < -0.4 is 0 Å². The summed E-state index contributed by atoms with van der Waals surface area (Å²) in [7, 11) is 2.85. The van der Waals surface area contributed by atoms with Gasteiger partial charge in [0.25, 0.3) is 0 Å². The molecule has 0 aliphatic heterocycles. The van der Waals surface area contributed by atoms with Gasteiger partial charge in [0.1, 0.15) is 12.0 Å². The lowest BCUT2D eigenvalue weighted by Crippen LogP contribution is -2.06. The fraction of sp³-hybridized carbons (Fsp3) is 0.200. The normalized spacial score (nSPS) is 10.3. The Kier molecular flexibility index (Phi) is 3.94. The highest BCUT2D eigenvalue weighted by molar-refractivity contribution is 7.99. The molecule has 0 amide bonds. The van der Waals surface area contributed by atoms with Crippen molar-refractivity contribution in [1.82, 2.24) is 19.7 Å². The molecule has 9 nitrogen and oxygen atoms in total. The van der Waals surface area contributed by atoms with Crippen LogP contribution in [0.15, 0.2) is 28.6 Å². The van der Waals surface area contributed by atoms with E-state index < -0.39 is 10.9 Å². The quantitative estimate of drug-likeness (QED) is 0.467. The summed E-state index contributed by atoms with van der Waals surface area (Å²) in [6, 6.07) is 2.45. The van der Waals surface area contributed by atoms with Crippen LogP contribution in [-0.4, -0.2) is 37.8 Å². The summed E-state index contributed by atoms with van der Waals surface area (Å²) in [5, 5.41) is 15.3. The zero-order chi connectivity index (χ0) is 14.7. The van der Waals surface area contributed by atoms with Crippen LogP contribution in [0.2, 0.25) is 0 Å². The molecule has 0 radical (unpaired) electrons. The van der Waals surface area contributed by atoms with Gasteiger partial charge in [-0.3, -0.25) is 10.1 Å². The van der Waals surface area contributed by atoms with E-state index in [1.807, 2.05) is 0 Å². The van der Waals surface area contributed by atoms with Crippen molar-refractivity contribution in [2.45, 2.75) is 10.2 Å². The summed E-state index contributed by atoms with van der Waals surface area (Å²) in [6.45, 7) is 0. The number of aromatic nitrogens is 4. The first-order valence-electron chi connectivity index (χ1n) is 5.28. The van der Waals surface area contributed by atoms with Gasteiger partial charge in [-0.25, -0.2) is 19.4 Å². The monoisotopic (exact) mass is 295 g/mol. The molecule has 0 unspecified atom stereocenters. The highest BCUT2D eigenvalue weighted by Crippen LogP contribution is 2.31. The molecular weight excluding hydrogens is 286 g/mol. The lowest BCUT2D eigenvalue weighted by Gasteiger charge is -2.03. The Morgan fingerprint density at radius 2 is 2.25 bits per heavy atom. The average Bonchev–Trinajstić information content (AvgIpc) is 2.83. The van der Waals surface area contributed by atoms with Gasteiger partial charge in [0.05, 0.1) is 12.0 Å². The number of carbonyl (C=O) groups is 1. The molecule has 2 rings (SSSR count). The smallest absolute Gasteiger partial charge is 0.356 e. The second-order valence-electron chi connectivity index (χ2n) is 3.54. The Morgan fingerprint density at radius 3 is 2.80 bits per heavy atom. The van der Waals surface area contributed by atoms with Crippen LogP contribution in [0.5, 0.6) is 0 Å². The van der Waals surface area contributed by atoms with Crippen molar-refractivity contribution in [1.29, 1.82) is 0 Å². The van der Waals surface area contributed by atoms with Crippen molar-refractivity contribution in [3.63, 3.8) is 0 Å². The first kappa shape index (κ1) is 13.9. The fourth-order valence-electron chi connectivity index (χ4n) is 1.33. The maximum Gasteiger partial charge on any atom is 0.356 e. The lowest BCUT2D eigenvalue weighted by molar-refractivity contribution is -0.388. The molecule has 0 bridgehead atoms. The fourth-order valence-corrected chi connectivity index (χ4v) is 2.17. The van der Waals surface area contributed by atoms with Gasteiger partial charge in [-0.15, -0.1) is 0 Å². The summed E-state index contributed by atoms with van der Waals surface area (Å²) < 4.78 is 5.98. The van der Waals surface area contributed by atoms with Crippen molar-refractivity contribution in [3.05, 3.63) is 34.3 Å². The Labute approximate surface area is 117 Å². The van der Waals surface area contributed by atoms with E-state index in [9.17, 15) is 14.9 Å². The van der Waals surface area contributed by atoms with E-state index in [1.165, 1.54) is 30.3 Å². The van der Waals surface area contributed by atoms with Crippen LogP contribution in [-0.2, 0) is 11.8 Å². The summed E-state index contributed by atoms with van der Waals surface area (Å²) in [6.07, 6.45) is 1.32. The molecule has 2 aromatic heterocycles. The number of hydrogen-bond donors (Lipinski definition) is 0. The highest BCUT2D eigenvalue weighted by atomic mass is 32.2. The van der Waals surface area contributed by atoms with Gasteiger partial charge in [0, 0.05) is 13.1 Å². The van der Waals surface area contributed by atoms with Gasteiger partial charge >= 0.3 is 11.7 Å². The van der Waals surface area contributed by atoms with Crippen molar-refractivity contribution in [2.75, 3.05) is 7.11 Å². The largest absolute Gasteiger partial charge is 0.464 e. The molecule has 0 atom stereocenters. The van der Waals surface area contributed by atoms with E-state index in [-0.39, 0.29) is 16.4 Å². The van der Waals surface area contributed by atoms with Crippen LogP contribution in [0, 0.1) is 10.1 Å². The number of hydrogen-bond acceptors (Lipinski definition) is 8. The minimum absolute atomic E-state index is 0.0113. The number of esters is 1. The van der Waals surface area contributed by atoms with Crippen molar-refractivity contribution in [2.24, 2.45) is 7.05 Å². The third-order valence-electron chi connectivity index (χ3n) is 2.29. The highest BCUT2D eigenvalue weighted by Gasteiger charge is 2.21. The number of aryl methyl sites for hydroxylation is 1. The predicted molar refractivity (Wildman–Crippen MR) is 67.4 cm³/mol. The number of nitrogens with zero attached hydrogens (tertiary/aromatic N) is 5. The molecule has 0 aliphatic carbocycles. The Morgan fingerprint density at radius 1 is 1.50 bits per heavy atom. The van der Waals surface area contributed by atoms with Gasteiger partial charge < -0.3 is 4.74 Å². The summed E-state index contributed by atoms with van der Waals surface area (Å²) in [5.74, 6) is -0.667. The van der Waals surface area contributed by atoms with E-state index >= 15 is 0 Å². The zero-order valence-electron chi connectivity index (χ0n) is 10.5. The molecule has 10 heteroatoms. The Bertz CT molecular complexity index is 671. The van der Waals surface area contributed by atoms with Gasteiger partial charge in [0.2, 0.25) is 0 Å². The van der Waals surface area contributed by atoms with Crippen LogP contribution in [0.25, 0.3) is 0 Å². The number of pyridine rings is 1. The standard InChI is InChI=1S/C10H9N5O4S/c1-14-10(11-5-12-14)20-8-7(15(17)18)4-3-6(13-8)9(16)19-2/h3-5H,1-2H3. The average molecular weight is 295 g/mol. The van der Waals surface area contributed by atoms with E-state index in [0.717, 1.165) is 11.8 Å². The molecular formula is C10H9N5O4S. The maximum absolute atomic E-state index is 11.4. The molecule has 0 N–H and O–H groups in total. The van der Waals surface area contributed by atoms with Gasteiger partial charge in [0.15, 0.2) is 10.2 Å². The van der Waals surface area contributed by atoms with E-state index in [0.29, 0.717) is 5.16 Å². The first-order chi connectivity index (χ1) is 9.52. The molecule has 0 fully saturated rings. The molecule has 0 spiro atoms. The number of rotatable bonds is 4. The molecule has 2 aromatic rings. The Hall–Kier alpha value is -2.49. The van der Waals surface area contributed by atoms with Crippen LogP contribution in [0.3, 0.4) is 0 Å². The number of carbonyl (C=O) groups excluding carboxylic acids is 1. The summed E-state index contributed by atoms with van der Waals surface area (Å²) in [4.78, 5) is 29.7. The zero-order valence-corrected chi connectivity index (χ0v) is 11.3. The molecule has 2 heterocycles. The molecule has 0 saturated heterocycles. The van der Waals surface area contributed by atoms with Crippen molar-refractivity contribution in [3.8, 4) is 0 Å². The van der Waals surface area contributed by atoms with Crippen LogP contribution >= 0.6 is 11.8 Å². The minimum Gasteiger partial charge on any atom is -0.464 e. The Balaban J connectivity index is 2.44. The predicted octanol–water partition coefficient (Wildman–Crippen LogP) is 1.06. The maximum atomic E-state index is 11.4. The second-order valence-corrected chi connectivity index (χ2v) is 4.49. The number of ether oxygens (including phenoxy) is 1. The molecule has 0 aromatic carbocycles. The van der Waals surface area contributed by atoms with E-state index in [4.69, 9.17) is 0 Å². The van der Waals surface area contributed by atoms with E-state index in [1.54, 1.807) is 7.05 Å². The van der Waals surface area contributed by atoms with E-state index in [2.05, 4.69) is 19.8 Å². The second kappa shape index (κ2) is 5.65. The molecule has 0 aliphatic rings. The number of methoxy groups -OCH3 is 1. The molecule has 104 valence electrons. The topological polar surface area (TPSA) is 113 Å². The molecule has 20 heavy (non-hydrogen) atoms. The lowest BCUT2D eigenvalue weighted by atomic mass is 10.3. The van der Waals surface area contributed by atoms with Gasteiger partial charge in [-0.2, -0.15) is 5.10 Å². The first-order valence-corrected chi connectivity index (χ1v) is 6.10. The third-order valence-corrected chi connectivity index (χ3v) is 3.34. The molecule has 0 saturated carbocycles. The number of nitro groups is 1. The van der Waals surface area contributed by atoms with Gasteiger partial charge in [-0.1, -0.05) is 0 Å². The van der Waals surface area contributed by atoms with Crippen molar-refractivity contribution >= 4 is 23.4 Å². The van der Waals surface area contributed by atoms with Crippen molar-refractivity contribution < 1.29 is 14.5 Å². The summed E-state index contributed by atoms with van der Waals surface area (Å²) in [5.41, 5.74) is -0.228. The van der Waals surface area contributed by atoms with Crippen LogP contribution in [0.4, 0.5) is 5.69 Å². The SMILES string of the molecule is COC(=O)c1ccc([N+](=O)[O-])c(Sc2ncnn2C)n1. The third kappa shape index (κ3) is 2.74. The summed E-state index contributed by atoms with van der Waals surface area (Å²) >= 11 is 0.947. The van der Waals surface area contributed by atoms with Gasteiger partial charge in [-0.05, 0) is 17.8 Å². The minimum atomic E-state index is -0.667. The van der Waals surface area contributed by atoms with Crippen LogP contribution in [0.1, 0.15) is 10.5 Å².